The van der Waals surface area contributed by atoms with Crippen LogP contribution in [0.2, 0.25) is 0 Å². The first kappa shape index (κ1) is 17.5. The summed E-state index contributed by atoms with van der Waals surface area (Å²) in [4.78, 5) is 12.4. The van der Waals surface area contributed by atoms with Crippen LogP contribution in [0.3, 0.4) is 0 Å². The SMILES string of the molecule is Cc1ccc(NC(=O)C(C)Sc2nnnn2CC(C)C)c(C)c1. The first-order valence-electron chi connectivity index (χ1n) is 7.67. The lowest BCUT2D eigenvalue weighted by atomic mass is 10.1. The minimum atomic E-state index is -0.285. The lowest BCUT2D eigenvalue weighted by Crippen LogP contribution is -2.23. The number of anilines is 1. The molecule has 1 aromatic carbocycles. The molecule has 124 valence electrons. The van der Waals surface area contributed by atoms with Crippen molar-refractivity contribution in [2.24, 2.45) is 5.92 Å². The predicted molar refractivity (Wildman–Crippen MR) is 92.5 cm³/mol. The number of benzene rings is 1. The van der Waals surface area contributed by atoms with E-state index in [0.717, 1.165) is 17.8 Å². The summed E-state index contributed by atoms with van der Waals surface area (Å²) in [5.74, 6) is 0.387. The number of aryl methyl sites for hydroxylation is 2. The molecule has 2 aromatic rings. The van der Waals surface area contributed by atoms with Gasteiger partial charge in [0.25, 0.3) is 0 Å². The van der Waals surface area contributed by atoms with Crippen LogP contribution in [0.1, 0.15) is 31.9 Å². The maximum Gasteiger partial charge on any atom is 0.237 e. The summed E-state index contributed by atoms with van der Waals surface area (Å²) >= 11 is 1.37. The molecule has 1 N–H and O–H groups in total. The number of rotatable bonds is 6. The Hall–Kier alpha value is -1.89. The highest BCUT2D eigenvalue weighted by Crippen LogP contribution is 2.23. The summed E-state index contributed by atoms with van der Waals surface area (Å²) in [6, 6.07) is 5.98. The number of amides is 1. The second kappa shape index (κ2) is 7.59. The van der Waals surface area contributed by atoms with E-state index in [-0.39, 0.29) is 11.2 Å². The molecule has 7 heteroatoms. The fourth-order valence-corrected chi connectivity index (χ4v) is 2.94. The Morgan fingerprint density at radius 3 is 2.70 bits per heavy atom. The monoisotopic (exact) mass is 333 g/mol. The van der Waals surface area contributed by atoms with Crippen molar-refractivity contribution in [2.75, 3.05) is 5.32 Å². The highest BCUT2D eigenvalue weighted by atomic mass is 32.2. The molecule has 0 saturated heterocycles. The smallest absolute Gasteiger partial charge is 0.237 e. The number of aromatic nitrogens is 4. The van der Waals surface area contributed by atoms with E-state index in [1.165, 1.54) is 17.3 Å². The average molecular weight is 333 g/mol. The zero-order valence-electron chi connectivity index (χ0n) is 14.2. The normalized spacial score (nSPS) is 12.4. The van der Waals surface area contributed by atoms with E-state index in [9.17, 15) is 4.79 Å². The minimum Gasteiger partial charge on any atom is -0.325 e. The van der Waals surface area contributed by atoms with Gasteiger partial charge in [0, 0.05) is 12.2 Å². The molecule has 1 atom stereocenters. The van der Waals surface area contributed by atoms with Crippen LogP contribution in [0.4, 0.5) is 5.69 Å². The third kappa shape index (κ3) is 4.79. The third-order valence-corrected chi connectivity index (χ3v) is 4.40. The molecular formula is C16H23N5OS. The summed E-state index contributed by atoms with van der Waals surface area (Å²) in [5.41, 5.74) is 3.07. The molecule has 1 amide bonds. The Balaban J connectivity index is 2.01. The van der Waals surface area contributed by atoms with E-state index in [1.807, 2.05) is 32.9 Å². The molecule has 23 heavy (non-hydrogen) atoms. The van der Waals surface area contributed by atoms with Gasteiger partial charge in [0.1, 0.15) is 0 Å². The number of nitrogens with zero attached hydrogens (tertiary/aromatic N) is 4. The molecule has 0 aliphatic heterocycles. The molecule has 0 bridgehead atoms. The summed E-state index contributed by atoms with van der Waals surface area (Å²) in [6.07, 6.45) is 0. The van der Waals surface area contributed by atoms with Crippen molar-refractivity contribution in [3.8, 4) is 0 Å². The van der Waals surface area contributed by atoms with Crippen molar-refractivity contribution in [3.63, 3.8) is 0 Å². The number of thioether (sulfide) groups is 1. The average Bonchev–Trinajstić information content (AvgIpc) is 2.88. The molecule has 0 saturated carbocycles. The Labute approximate surface area is 141 Å². The van der Waals surface area contributed by atoms with Crippen molar-refractivity contribution >= 4 is 23.4 Å². The molecule has 0 fully saturated rings. The number of carbonyl (C=O) groups excluding carboxylic acids is 1. The van der Waals surface area contributed by atoms with Crippen LogP contribution in [0.5, 0.6) is 0 Å². The van der Waals surface area contributed by atoms with Gasteiger partial charge >= 0.3 is 0 Å². The molecule has 0 radical (unpaired) electrons. The van der Waals surface area contributed by atoms with Crippen molar-refractivity contribution in [3.05, 3.63) is 29.3 Å². The van der Waals surface area contributed by atoms with Crippen molar-refractivity contribution in [1.29, 1.82) is 0 Å². The molecule has 6 nitrogen and oxygen atoms in total. The van der Waals surface area contributed by atoms with Crippen molar-refractivity contribution in [1.82, 2.24) is 20.2 Å². The van der Waals surface area contributed by atoms with E-state index in [1.54, 1.807) is 4.68 Å². The van der Waals surface area contributed by atoms with Gasteiger partial charge in [0.15, 0.2) is 0 Å². The Bertz CT molecular complexity index is 683. The zero-order chi connectivity index (χ0) is 17.0. The molecule has 0 aliphatic rings. The summed E-state index contributed by atoms with van der Waals surface area (Å²) in [6.45, 7) is 10.8. The Kier molecular flexibility index (Phi) is 5.76. The third-order valence-electron chi connectivity index (χ3n) is 3.33. The Morgan fingerprint density at radius 1 is 1.30 bits per heavy atom. The second-order valence-electron chi connectivity index (χ2n) is 6.11. The molecular weight excluding hydrogens is 310 g/mol. The first-order valence-corrected chi connectivity index (χ1v) is 8.55. The van der Waals surface area contributed by atoms with Crippen molar-refractivity contribution < 1.29 is 4.79 Å². The van der Waals surface area contributed by atoms with Gasteiger partial charge < -0.3 is 5.32 Å². The minimum absolute atomic E-state index is 0.0546. The van der Waals surface area contributed by atoms with E-state index >= 15 is 0 Å². The lowest BCUT2D eigenvalue weighted by molar-refractivity contribution is -0.115. The van der Waals surface area contributed by atoms with Crippen molar-refractivity contribution in [2.45, 2.75) is 51.6 Å². The molecule has 1 unspecified atom stereocenters. The second-order valence-corrected chi connectivity index (χ2v) is 7.41. The van der Waals surface area contributed by atoms with Crippen LogP contribution >= 0.6 is 11.8 Å². The van der Waals surface area contributed by atoms with Gasteiger partial charge in [-0.1, -0.05) is 43.3 Å². The first-order chi connectivity index (χ1) is 10.9. The van der Waals surface area contributed by atoms with Gasteiger partial charge in [-0.3, -0.25) is 4.79 Å². The van der Waals surface area contributed by atoms with Crippen LogP contribution in [0, 0.1) is 19.8 Å². The van der Waals surface area contributed by atoms with Gasteiger partial charge in [-0.05, 0) is 48.7 Å². The van der Waals surface area contributed by atoms with Gasteiger partial charge in [-0.15, -0.1) is 5.10 Å². The van der Waals surface area contributed by atoms with E-state index in [0.29, 0.717) is 11.1 Å². The quantitative estimate of drug-likeness (QED) is 0.823. The molecule has 1 aromatic heterocycles. The zero-order valence-corrected chi connectivity index (χ0v) is 15.0. The standard InChI is InChI=1S/C16H23N5OS/c1-10(2)9-21-16(18-19-20-21)23-13(5)15(22)17-14-7-6-11(3)8-12(14)4/h6-8,10,13H,9H2,1-5H3,(H,17,22). The van der Waals surface area contributed by atoms with Gasteiger partial charge in [0.05, 0.1) is 5.25 Å². The number of nitrogens with one attached hydrogen (secondary N) is 1. The largest absolute Gasteiger partial charge is 0.325 e. The number of hydrogen-bond donors (Lipinski definition) is 1. The van der Waals surface area contributed by atoms with E-state index in [4.69, 9.17) is 0 Å². The van der Waals surface area contributed by atoms with Gasteiger partial charge in [-0.2, -0.15) is 0 Å². The van der Waals surface area contributed by atoms with Crippen LogP contribution in [0.15, 0.2) is 23.4 Å². The maximum absolute atomic E-state index is 12.4. The summed E-state index contributed by atoms with van der Waals surface area (Å²) in [7, 11) is 0. The highest BCUT2D eigenvalue weighted by Gasteiger charge is 2.19. The molecule has 0 aliphatic carbocycles. The molecule has 2 rings (SSSR count). The molecule has 0 spiro atoms. The summed E-state index contributed by atoms with van der Waals surface area (Å²) in [5, 5.41) is 15.1. The van der Waals surface area contributed by atoms with Gasteiger partial charge in [0.2, 0.25) is 11.1 Å². The topological polar surface area (TPSA) is 72.7 Å². The number of hydrogen-bond acceptors (Lipinski definition) is 5. The number of tetrazole rings is 1. The van der Waals surface area contributed by atoms with E-state index in [2.05, 4.69) is 40.8 Å². The lowest BCUT2D eigenvalue weighted by Gasteiger charge is -2.14. The summed E-state index contributed by atoms with van der Waals surface area (Å²) < 4.78 is 1.75. The molecule has 1 heterocycles. The Morgan fingerprint density at radius 2 is 2.04 bits per heavy atom. The highest BCUT2D eigenvalue weighted by molar-refractivity contribution is 8.00. The maximum atomic E-state index is 12.4. The number of carbonyl (C=O) groups is 1. The van der Waals surface area contributed by atoms with Gasteiger partial charge in [-0.25, -0.2) is 4.68 Å². The van der Waals surface area contributed by atoms with Crippen LogP contribution in [0.25, 0.3) is 0 Å². The van der Waals surface area contributed by atoms with Crippen LogP contribution in [-0.2, 0) is 11.3 Å². The fraction of sp³-hybridized carbons (Fsp3) is 0.500. The van der Waals surface area contributed by atoms with Crippen LogP contribution in [-0.4, -0.2) is 31.4 Å². The van der Waals surface area contributed by atoms with Crippen LogP contribution < -0.4 is 5.32 Å². The van der Waals surface area contributed by atoms with E-state index < -0.39 is 0 Å². The fourth-order valence-electron chi connectivity index (χ4n) is 2.14. The predicted octanol–water partition coefficient (Wildman–Crippen LogP) is 3.07.